The van der Waals surface area contributed by atoms with Crippen LogP contribution in [-0.2, 0) is 24.3 Å². The highest BCUT2D eigenvalue weighted by Crippen LogP contribution is 2.38. The van der Waals surface area contributed by atoms with E-state index in [4.69, 9.17) is 0 Å². The summed E-state index contributed by atoms with van der Waals surface area (Å²) in [6, 6.07) is 7.53. The summed E-state index contributed by atoms with van der Waals surface area (Å²) in [6.45, 7) is 4.09. The van der Waals surface area contributed by atoms with Crippen LogP contribution in [0.25, 0.3) is 11.1 Å². The molecule has 1 aliphatic carbocycles. The topological polar surface area (TPSA) is 86.6 Å². The molecular formula is C32H31F2N7O2S. The van der Waals surface area contributed by atoms with E-state index >= 15 is 8.78 Å². The van der Waals surface area contributed by atoms with E-state index in [0.717, 1.165) is 51.3 Å². The number of imidazole rings is 1. The molecule has 0 radical (unpaired) electrons. The lowest BCUT2D eigenvalue weighted by molar-refractivity contribution is -0.121. The lowest BCUT2D eigenvalue weighted by Gasteiger charge is -2.36. The number of benzene rings is 2. The lowest BCUT2D eigenvalue weighted by atomic mass is 9.99. The van der Waals surface area contributed by atoms with Gasteiger partial charge in [-0.05, 0) is 61.1 Å². The number of rotatable bonds is 7. The van der Waals surface area contributed by atoms with Gasteiger partial charge in [0, 0.05) is 67.2 Å². The molecule has 2 aromatic heterocycles. The fourth-order valence-corrected chi connectivity index (χ4v) is 7.41. The van der Waals surface area contributed by atoms with Crippen molar-refractivity contribution in [3.63, 3.8) is 0 Å². The number of fused-ring (bicyclic) bond motifs is 2. The number of anilines is 2. The van der Waals surface area contributed by atoms with Gasteiger partial charge in [0.05, 0.1) is 24.3 Å². The van der Waals surface area contributed by atoms with Gasteiger partial charge in [-0.25, -0.2) is 18.7 Å². The van der Waals surface area contributed by atoms with Gasteiger partial charge in [0.25, 0.3) is 11.8 Å². The maximum Gasteiger partial charge on any atom is 0.255 e. The van der Waals surface area contributed by atoms with Crippen molar-refractivity contribution >= 4 is 34.0 Å². The van der Waals surface area contributed by atoms with Crippen LogP contribution in [0.3, 0.4) is 0 Å². The minimum absolute atomic E-state index is 0.0807. The van der Waals surface area contributed by atoms with Crippen LogP contribution in [0.15, 0.2) is 48.2 Å². The molecule has 3 aliphatic heterocycles. The van der Waals surface area contributed by atoms with Crippen molar-refractivity contribution in [2.75, 3.05) is 36.4 Å². The first-order chi connectivity index (χ1) is 21.4. The lowest BCUT2D eigenvalue weighted by Crippen LogP contribution is -2.47. The third kappa shape index (κ3) is 4.76. The summed E-state index contributed by atoms with van der Waals surface area (Å²) in [7, 11) is 0. The first kappa shape index (κ1) is 27.4. The number of carbonyl (C=O) groups excluding carboxylic acids is 2. The van der Waals surface area contributed by atoms with Crippen LogP contribution in [0, 0.1) is 11.6 Å². The molecule has 12 heteroatoms. The summed E-state index contributed by atoms with van der Waals surface area (Å²) in [5, 5.41) is 4.96. The molecule has 1 saturated heterocycles. The average molecular weight is 616 g/mol. The van der Waals surface area contributed by atoms with Crippen LogP contribution in [0.5, 0.6) is 0 Å². The zero-order valence-corrected chi connectivity index (χ0v) is 24.8. The Balaban J connectivity index is 1.08. The summed E-state index contributed by atoms with van der Waals surface area (Å²) >= 11 is 1.27. The second kappa shape index (κ2) is 10.8. The molecule has 1 atom stereocenters. The highest BCUT2D eigenvalue weighted by Gasteiger charge is 2.42. The summed E-state index contributed by atoms with van der Waals surface area (Å²) in [5.74, 6) is -1.86. The van der Waals surface area contributed by atoms with Gasteiger partial charge in [-0.15, -0.1) is 11.3 Å². The Morgan fingerprint density at radius 2 is 1.82 bits per heavy atom. The first-order valence-electron chi connectivity index (χ1n) is 15.1. The van der Waals surface area contributed by atoms with E-state index in [-0.39, 0.29) is 23.5 Å². The zero-order chi connectivity index (χ0) is 29.9. The number of hydrogen-bond donors (Lipinski definition) is 1. The van der Waals surface area contributed by atoms with Gasteiger partial charge in [-0.1, -0.05) is 6.07 Å². The van der Waals surface area contributed by atoms with E-state index in [2.05, 4.69) is 25.1 Å². The molecule has 0 bridgehead atoms. The summed E-state index contributed by atoms with van der Waals surface area (Å²) in [5.41, 5.74) is 3.21. The average Bonchev–Trinajstić information content (AvgIpc) is 3.31. The molecule has 226 valence electrons. The van der Waals surface area contributed by atoms with Gasteiger partial charge in [0.15, 0.2) is 11.2 Å². The molecule has 5 heterocycles. The Morgan fingerprint density at radius 3 is 2.57 bits per heavy atom. The molecule has 9 nitrogen and oxygen atoms in total. The molecule has 2 aromatic carbocycles. The Kier molecular flexibility index (Phi) is 6.71. The molecule has 2 amide bonds. The maximum atomic E-state index is 15.7. The van der Waals surface area contributed by atoms with Crippen LogP contribution in [0.2, 0.25) is 0 Å². The van der Waals surface area contributed by atoms with E-state index in [1.54, 1.807) is 36.1 Å². The van der Waals surface area contributed by atoms with Crippen LogP contribution in [0.1, 0.15) is 52.6 Å². The monoisotopic (exact) mass is 615 g/mol. The van der Waals surface area contributed by atoms with E-state index < -0.39 is 23.7 Å². The van der Waals surface area contributed by atoms with Gasteiger partial charge in [-0.2, -0.15) is 0 Å². The highest BCUT2D eigenvalue weighted by atomic mass is 32.1. The van der Waals surface area contributed by atoms with E-state index in [1.807, 2.05) is 4.57 Å². The van der Waals surface area contributed by atoms with Crippen molar-refractivity contribution in [2.24, 2.45) is 0 Å². The fraction of sp³-hybridized carbons (Fsp3) is 0.375. The second-order valence-corrected chi connectivity index (χ2v) is 12.8. The summed E-state index contributed by atoms with van der Waals surface area (Å²) in [4.78, 5) is 42.2. The zero-order valence-electron chi connectivity index (χ0n) is 24.0. The SMILES string of the molecule is O=C(Nc1nccs1)C(c1ncn2c1CCC2)N1Cc2c(F)cc(-c3ccc(N4CCN(C5CC5)CC4)c(F)c3)cc2C1=O. The van der Waals surface area contributed by atoms with Gasteiger partial charge >= 0.3 is 0 Å². The first-order valence-corrected chi connectivity index (χ1v) is 16.0. The van der Waals surface area contributed by atoms with E-state index in [9.17, 15) is 9.59 Å². The number of nitrogens with zero attached hydrogens (tertiary/aromatic N) is 6. The largest absolute Gasteiger partial charge is 0.367 e. The molecule has 1 unspecified atom stereocenters. The highest BCUT2D eigenvalue weighted by molar-refractivity contribution is 7.13. The number of carbonyl (C=O) groups is 2. The van der Waals surface area contributed by atoms with Gasteiger partial charge in [-0.3, -0.25) is 19.8 Å². The number of amides is 2. The van der Waals surface area contributed by atoms with Crippen LogP contribution in [0.4, 0.5) is 19.6 Å². The molecule has 44 heavy (non-hydrogen) atoms. The minimum atomic E-state index is -1.06. The maximum absolute atomic E-state index is 15.7. The van der Waals surface area contributed by atoms with Crippen LogP contribution >= 0.6 is 11.3 Å². The molecule has 0 spiro atoms. The van der Waals surface area contributed by atoms with Gasteiger partial charge in [0.2, 0.25) is 0 Å². The van der Waals surface area contributed by atoms with Crippen molar-refractivity contribution in [1.82, 2.24) is 24.3 Å². The van der Waals surface area contributed by atoms with Gasteiger partial charge in [0.1, 0.15) is 11.6 Å². The quantitative estimate of drug-likeness (QED) is 0.320. The van der Waals surface area contributed by atoms with Crippen molar-refractivity contribution in [3.05, 3.63) is 82.4 Å². The molecule has 8 rings (SSSR count). The second-order valence-electron chi connectivity index (χ2n) is 11.9. The number of piperazine rings is 1. The standard InChI is InChI=1S/C32H31F2N7O2S/c33-24-16-20(19-3-6-26(25(34)15-19)39-11-9-38(10-12-39)21-4-5-21)14-22-23(24)17-41(31(22)43)29(30(42)37-32-35-7-13-44-32)28-27-2-1-8-40(27)18-36-28/h3,6-7,13-16,18,21,29H,1-2,4-5,8-12,17H2,(H,35,37,42). The number of nitrogens with one attached hydrogen (secondary N) is 1. The Morgan fingerprint density at radius 1 is 1.00 bits per heavy atom. The molecule has 2 fully saturated rings. The van der Waals surface area contributed by atoms with Crippen LogP contribution in [-0.4, -0.2) is 68.4 Å². The third-order valence-electron chi connectivity index (χ3n) is 9.29. The predicted octanol–water partition coefficient (Wildman–Crippen LogP) is 4.85. The molecular weight excluding hydrogens is 584 g/mol. The Hall–Kier alpha value is -4.16. The van der Waals surface area contributed by atoms with Gasteiger partial charge < -0.3 is 14.4 Å². The smallest absolute Gasteiger partial charge is 0.255 e. The van der Waals surface area contributed by atoms with Crippen molar-refractivity contribution in [2.45, 2.75) is 50.9 Å². The van der Waals surface area contributed by atoms with Crippen molar-refractivity contribution < 1.29 is 18.4 Å². The Labute approximate surface area is 257 Å². The Bertz CT molecular complexity index is 1760. The number of halogens is 2. The third-order valence-corrected chi connectivity index (χ3v) is 9.98. The molecule has 1 N–H and O–H groups in total. The molecule has 1 saturated carbocycles. The molecule has 4 aliphatic rings. The summed E-state index contributed by atoms with van der Waals surface area (Å²) in [6.07, 6.45) is 7.45. The number of thiazole rings is 1. The molecule has 4 aromatic rings. The van der Waals surface area contributed by atoms with Crippen LogP contribution < -0.4 is 10.2 Å². The van der Waals surface area contributed by atoms with Crippen molar-refractivity contribution in [1.29, 1.82) is 0 Å². The fourth-order valence-electron chi connectivity index (χ4n) is 6.88. The number of hydrogen-bond acceptors (Lipinski definition) is 7. The number of aromatic nitrogens is 3. The van der Waals surface area contributed by atoms with E-state index in [1.165, 1.54) is 41.2 Å². The van der Waals surface area contributed by atoms with Crippen molar-refractivity contribution in [3.8, 4) is 11.1 Å². The minimum Gasteiger partial charge on any atom is -0.367 e. The summed E-state index contributed by atoms with van der Waals surface area (Å²) < 4.78 is 33.1. The van der Waals surface area contributed by atoms with E-state index in [0.29, 0.717) is 33.7 Å². The number of aryl methyl sites for hydroxylation is 1. The normalized spacial score (nSPS) is 18.9. The predicted molar refractivity (Wildman–Crippen MR) is 163 cm³/mol.